The van der Waals surface area contributed by atoms with E-state index in [2.05, 4.69) is 5.32 Å². The van der Waals surface area contributed by atoms with Crippen molar-refractivity contribution in [2.24, 2.45) is 0 Å². The average Bonchev–Trinajstić information content (AvgIpc) is 2.64. The highest BCUT2D eigenvalue weighted by atomic mass is 32.2. The van der Waals surface area contributed by atoms with Gasteiger partial charge in [0.05, 0.1) is 36.7 Å². The maximum atomic E-state index is 12.3. The van der Waals surface area contributed by atoms with Crippen molar-refractivity contribution in [1.29, 1.82) is 5.26 Å². The maximum Gasteiger partial charge on any atom is 0.255 e. The fourth-order valence-corrected chi connectivity index (χ4v) is 3.39. The largest absolute Gasteiger partial charge is 0.496 e. The number of nitrogens with one attached hydrogen (secondary N) is 1. The number of ether oxygens (including phenoxy) is 1. The second-order valence-electron chi connectivity index (χ2n) is 5.42. The number of carbonyl (C=O) groups excluding carboxylic acids is 1. The van der Waals surface area contributed by atoms with E-state index in [0.29, 0.717) is 11.3 Å². The molecule has 2 aromatic carbocycles. The van der Waals surface area contributed by atoms with E-state index in [1.54, 1.807) is 48.5 Å². The van der Waals surface area contributed by atoms with E-state index in [-0.39, 0.29) is 30.2 Å². The molecule has 0 saturated heterocycles. The first kappa shape index (κ1) is 19.3. The highest BCUT2D eigenvalue weighted by Gasteiger charge is 2.20. The van der Waals surface area contributed by atoms with Gasteiger partial charge in [0, 0.05) is 6.54 Å². The Hall–Kier alpha value is -3.05. The third kappa shape index (κ3) is 4.52. The molecule has 0 aliphatic heterocycles. The summed E-state index contributed by atoms with van der Waals surface area (Å²) in [5.41, 5.74) is 0.886. The van der Waals surface area contributed by atoms with Gasteiger partial charge in [-0.15, -0.1) is 0 Å². The predicted molar refractivity (Wildman–Crippen MR) is 98.7 cm³/mol. The predicted octanol–water partition coefficient (Wildman–Crippen LogP) is 1.76. The number of hydrogen-bond donors (Lipinski definition) is 1. The Bertz CT molecular complexity index is 935. The number of rotatable bonds is 7. The van der Waals surface area contributed by atoms with Crippen LogP contribution in [0.2, 0.25) is 0 Å². The highest BCUT2D eigenvalue weighted by Crippen LogP contribution is 2.22. The Labute approximate surface area is 152 Å². The minimum Gasteiger partial charge on any atom is -0.496 e. The van der Waals surface area contributed by atoms with E-state index in [0.717, 1.165) is 10.6 Å². The quantitative estimate of drug-likeness (QED) is 0.797. The molecule has 0 aromatic heterocycles. The fourth-order valence-electron chi connectivity index (χ4n) is 2.45. The molecule has 1 N–H and O–H groups in total. The third-order valence-corrected chi connectivity index (χ3v) is 4.83. The molecular formula is C18H19N3O4S. The van der Waals surface area contributed by atoms with Gasteiger partial charge in [0.2, 0.25) is 10.0 Å². The number of nitrogens with zero attached hydrogens (tertiary/aromatic N) is 2. The van der Waals surface area contributed by atoms with Gasteiger partial charge in [0.15, 0.2) is 0 Å². The van der Waals surface area contributed by atoms with Crippen LogP contribution in [0.15, 0.2) is 48.5 Å². The lowest BCUT2D eigenvalue weighted by molar-refractivity contribution is 0.0952. The van der Waals surface area contributed by atoms with Crippen LogP contribution in [0.4, 0.5) is 5.69 Å². The second kappa shape index (κ2) is 8.36. The molecule has 0 spiro atoms. The van der Waals surface area contributed by atoms with E-state index < -0.39 is 10.0 Å². The fraction of sp³-hybridized carbons (Fsp3) is 0.222. The minimum atomic E-state index is -3.62. The highest BCUT2D eigenvalue weighted by molar-refractivity contribution is 7.92. The molecule has 0 bridgehead atoms. The maximum absolute atomic E-state index is 12.3. The van der Waals surface area contributed by atoms with Gasteiger partial charge in [-0.05, 0) is 24.3 Å². The number of sulfonamides is 1. The van der Waals surface area contributed by atoms with Crippen molar-refractivity contribution in [3.05, 3.63) is 59.7 Å². The van der Waals surface area contributed by atoms with Gasteiger partial charge in [-0.3, -0.25) is 9.10 Å². The van der Waals surface area contributed by atoms with E-state index in [9.17, 15) is 18.5 Å². The van der Waals surface area contributed by atoms with Crippen LogP contribution in [0.1, 0.15) is 15.9 Å². The van der Waals surface area contributed by atoms with E-state index in [4.69, 9.17) is 4.74 Å². The molecule has 0 aliphatic rings. The summed E-state index contributed by atoms with van der Waals surface area (Å²) in [5, 5.41) is 11.9. The van der Waals surface area contributed by atoms with Crippen molar-refractivity contribution < 1.29 is 17.9 Å². The molecule has 2 rings (SSSR count). The van der Waals surface area contributed by atoms with Crippen molar-refractivity contribution in [2.45, 2.75) is 0 Å². The summed E-state index contributed by atoms with van der Waals surface area (Å²) < 4.78 is 30.5. The van der Waals surface area contributed by atoms with Crippen LogP contribution in [-0.2, 0) is 10.0 Å². The number of benzene rings is 2. The van der Waals surface area contributed by atoms with Crippen molar-refractivity contribution in [3.63, 3.8) is 0 Å². The van der Waals surface area contributed by atoms with Gasteiger partial charge in [-0.2, -0.15) is 5.26 Å². The number of anilines is 1. The van der Waals surface area contributed by atoms with Crippen LogP contribution in [0.3, 0.4) is 0 Å². The van der Waals surface area contributed by atoms with Crippen LogP contribution in [0.25, 0.3) is 0 Å². The lowest BCUT2D eigenvalue weighted by atomic mass is 10.2. The SMILES string of the molecule is COc1ccccc1C(=O)NCCN(c1ccccc1C#N)S(C)(=O)=O. The van der Waals surface area contributed by atoms with Gasteiger partial charge in [-0.1, -0.05) is 24.3 Å². The standard InChI is InChI=1S/C18H19N3O4S/c1-25-17-10-6-4-8-15(17)18(22)20-11-12-21(26(2,23)24)16-9-5-3-7-14(16)13-19/h3-10H,11-12H2,1-2H3,(H,20,22). The van der Waals surface area contributed by atoms with Gasteiger partial charge in [-0.25, -0.2) is 8.42 Å². The first-order chi connectivity index (χ1) is 12.4. The Morgan fingerprint density at radius 3 is 2.50 bits per heavy atom. The number of amides is 1. The molecule has 0 fully saturated rings. The summed E-state index contributed by atoms with van der Waals surface area (Å²) in [6.45, 7) is 0.0716. The third-order valence-electron chi connectivity index (χ3n) is 3.65. The zero-order valence-electron chi connectivity index (χ0n) is 14.5. The molecular weight excluding hydrogens is 354 g/mol. The first-order valence-electron chi connectivity index (χ1n) is 7.76. The minimum absolute atomic E-state index is 0.00157. The van der Waals surface area contributed by atoms with Gasteiger partial charge >= 0.3 is 0 Å². The Morgan fingerprint density at radius 1 is 1.19 bits per heavy atom. The summed E-state index contributed by atoms with van der Waals surface area (Å²) >= 11 is 0. The van der Waals surface area contributed by atoms with E-state index in [1.165, 1.54) is 7.11 Å². The summed E-state index contributed by atoms with van der Waals surface area (Å²) in [7, 11) is -2.15. The Kier molecular flexibility index (Phi) is 6.20. The monoisotopic (exact) mass is 373 g/mol. The van der Waals surface area contributed by atoms with Crippen molar-refractivity contribution >= 4 is 21.6 Å². The summed E-state index contributed by atoms with van der Waals surface area (Å²) in [6.07, 6.45) is 1.06. The van der Waals surface area contributed by atoms with E-state index >= 15 is 0 Å². The zero-order chi connectivity index (χ0) is 19.2. The Morgan fingerprint density at radius 2 is 1.85 bits per heavy atom. The van der Waals surface area contributed by atoms with Gasteiger partial charge in [0.25, 0.3) is 5.91 Å². The number of carbonyl (C=O) groups is 1. The number of hydrogen-bond acceptors (Lipinski definition) is 5. The average molecular weight is 373 g/mol. The number of nitriles is 1. The topological polar surface area (TPSA) is 99.5 Å². The van der Waals surface area contributed by atoms with Crippen LogP contribution < -0.4 is 14.4 Å². The lowest BCUT2D eigenvalue weighted by Gasteiger charge is -2.23. The normalized spacial score (nSPS) is 10.7. The molecule has 0 radical (unpaired) electrons. The van der Waals surface area contributed by atoms with Crippen molar-refractivity contribution in [3.8, 4) is 11.8 Å². The van der Waals surface area contributed by atoms with Crippen LogP contribution in [0, 0.1) is 11.3 Å². The van der Waals surface area contributed by atoms with Crippen LogP contribution in [0.5, 0.6) is 5.75 Å². The van der Waals surface area contributed by atoms with Crippen molar-refractivity contribution in [1.82, 2.24) is 5.32 Å². The van der Waals surface area contributed by atoms with Gasteiger partial charge in [0.1, 0.15) is 11.8 Å². The Balaban J connectivity index is 2.14. The first-order valence-corrected chi connectivity index (χ1v) is 9.61. The second-order valence-corrected chi connectivity index (χ2v) is 7.33. The van der Waals surface area contributed by atoms with Crippen LogP contribution in [-0.4, -0.2) is 40.8 Å². The van der Waals surface area contributed by atoms with Crippen molar-refractivity contribution in [2.75, 3.05) is 30.8 Å². The van der Waals surface area contributed by atoms with Gasteiger partial charge < -0.3 is 10.1 Å². The molecule has 0 heterocycles. The molecule has 0 aliphatic carbocycles. The molecule has 26 heavy (non-hydrogen) atoms. The molecule has 2 aromatic rings. The molecule has 0 atom stereocenters. The smallest absolute Gasteiger partial charge is 0.255 e. The number of methoxy groups -OCH3 is 1. The molecule has 1 amide bonds. The molecule has 8 heteroatoms. The zero-order valence-corrected chi connectivity index (χ0v) is 15.3. The molecule has 0 saturated carbocycles. The summed E-state index contributed by atoms with van der Waals surface area (Å²) in [4.78, 5) is 12.3. The van der Waals surface area contributed by atoms with Crippen LogP contribution >= 0.6 is 0 Å². The molecule has 0 unspecified atom stereocenters. The molecule has 136 valence electrons. The number of para-hydroxylation sites is 2. The molecule has 7 nitrogen and oxygen atoms in total. The summed E-state index contributed by atoms with van der Waals surface area (Å²) in [5.74, 6) is 0.0595. The summed E-state index contributed by atoms with van der Waals surface area (Å²) in [6, 6.07) is 15.1. The lowest BCUT2D eigenvalue weighted by Crippen LogP contribution is -2.38. The van der Waals surface area contributed by atoms with E-state index in [1.807, 2.05) is 6.07 Å².